The fraction of sp³-hybridized carbons (Fsp3) is 0.944. The van der Waals surface area contributed by atoms with Crippen molar-refractivity contribution in [3.63, 3.8) is 0 Å². The highest BCUT2D eigenvalue weighted by Gasteiger charge is 2.30. The van der Waals surface area contributed by atoms with Crippen LogP contribution in [-0.4, -0.2) is 96.7 Å². The summed E-state index contributed by atoms with van der Waals surface area (Å²) in [5.74, 6) is 0.820. The zero-order valence-corrected chi connectivity index (χ0v) is 60.6. The lowest BCUT2D eigenvalue weighted by Crippen LogP contribution is -2.30. The van der Waals surface area contributed by atoms with Crippen LogP contribution >= 0.6 is 15.6 Å². The zero-order chi connectivity index (χ0) is 66.8. The van der Waals surface area contributed by atoms with Crippen molar-refractivity contribution in [1.82, 2.24) is 0 Å². The fourth-order valence-corrected chi connectivity index (χ4v) is 12.2. The molecule has 17 nitrogen and oxygen atoms in total. The smallest absolute Gasteiger partial charge is 0.462 e. The van der Waals surface area contributed by atoms with E-state index in [1.54, 1.807) is 0 Å². The number of hydrogen-bond donors (Lipinski definition) is 3. The molecule has 3 N–H and O–H groups in total. The molecule has 0 bridgehead atoms. The normalized spacial score (nSPS) is 14.6. The van der Waals surface area contributed by atoms with Crippen LogP contribution in [0.1, 0.15) is 351 Å². The van der Waals surface area contributed by atoms with Crippen molar-refractivity contribution in [1.29, 1.82) is 0 Å². The molecule has 0 aromatic heterocycles. The van der Waals surface area contributed by atoms with Gasteiger partial charge in [-0.15, -0.1) is 0 Å². The number of rotatable bonds is 68. The van der Waals surface area contributed by atoms with Gasteiger partial charge in [0.15, 0.2) is 12.2 Å². The minimum absolute atomic E-state index is 0.101. The Morgan fingerprint density at radius 2 is 0.533 bits per heavy atom. The number of unbranched alkanes of at least 4 members (excludes halogenated alkanes) is 33. The maximum atomic E-state index is 13.0. The maximum Gasteiger partial charge on any atom is 0.472 e. The van der Waals surface area contributed by atoms with E-state index in [1.165, 1.54) is 148 Å². The molecule has 0 saturated carbocycles. The number of carbonyl (C=O) groups excluding carboxylic acids is 4. The van der Waals surface area contributed by atoms with Crippen molar-refractivity contribution in [3.8, 4) is 0 Å². The molecule has 534 valence electrons. The van der Waals surface area contributed by atoms with Gasteiger partial charge >= 0.3 is 39.5 Å². The number of phosphoric acid groups is 2. The number of hydrogen-bond acceptors (Lipinski definition) is 15. The van der Waals surface area contributed by atoms with Crippen molar-refractivity contribution in [2.24, 2.45) is 23.7 Å². The van der Waals surface area contributed by atoms with Gasteiger partial charge in [0, 0.05) is 25.7 Å². The lowest BCUT2D eigenvalue weighted by Gasteiger charge is -2.21. The average Bonchev–Trinajstić information content (AvgIpc) is 3.58. The van der Waals surface area contributed by atoms with Gasteiger partial charge in [-0.25, -0.2) is 9.13 Å². The number of aliphatic hydroxyl groups is 1. The summed E-state index contributed by atoms with van der Waals surface area (Å²) in [6, 6.07) is 0. The molecule has 90 heavy (non-hydrogen) atoms. The first-order valence-corrected chi connectivity index (χ1v) is 39.7. The molecule has 3 unspecified atom stereocenters. The summed E-state index contributed by atoms with van der Waals surface area (Å²) in [7, 11) is -9.90. The molecule has 0 aliphatic heterocycles. The number of phosphoric ester groups is 2. The van der Waals surface area contributed by atoms with Crippen molar-refractivity contribution in [3.05, 3.63) is 0 Å². The third kappa shape index (κ3) is 63.5. The molecular formula is C71H138O17P2. The molecular weight excluding hydrogens is 1190 g/mol. The first-order chi connectivity index (χ1) is 43.1. The summed E-state index contributed by atoms with van der Waals surface area (Å²) in [5, 5.41) is 10.6. The number of esters is 4. The maximum absolute atomic E-state index is 13.0. The monoisotopic (exact) mass is 1320 g/mol. The van der Waals surface area contributed by atoms with Crippen LogP contribution in [0.4, 0.5) is 0 Å². The largest absolute Gasteiger partial charge is 0.472 e. The highest BCUT2D eigenvalue weighted by Crippen LogP contribution is 2.45. The van der Waals surface area contributed by atoms with E-state index in [4.69, 9.17) is 37.0 Å². The van der Waals surface area contributed by atoms with E-state index < -0.39 is 97.5 Å². The molecule has 0 fully saturated rings. The molecule has 0 aliphatic rings. The Labute approximate surface area is 549 Å². The van der Waals surface area contributed by atoms with Gasteiger partial charge in [0.05, 0.1) is 26.4 Å². The van der Waals surface area contributed by atoms with Gasteiger partial charge in [-0.05, 0) is 49.4 Å². The summed E-state index contributed by atoms with van der Waals surface area (Å²) >= 11 is 0. The van der Waals surface area contributed by atoms with Crippen LogP contribution in [0, 0.1) is 23.7 Å². The summed E-state index contributed by atoms with van der Waals surface area (Å²) < 4.78 is 68.2. The predicted molar refractivity (Wildman–Crippen MR) is 363 cm³/mol. The zero-order valence-electron chi connectivity index (χ0n) is 58.8. The standard InChI is InChI=1S/C71H138O17P2/c1-9-64(8)50-42-34-28-30-36-44-52-69(74)82-58-67(88-71(76)54-46-38-29-27-33-41-49-63(6)7)60-86-90(79,80)84-56-65(72)55-83-89(77,78)85-59-66(57-81-68(73)51-43-35-25-22-18-20-24-32-40-48-62(4)5)87-70(75)53-45-37-26-21-17-15-13-11-10-12-14-16-19-23-31-39-47-61(2)3/h61-67,72H,9-60H2,1-8H3,(H,77,78)(H,79,80)/t64?,65-,66-,67-/m1/s1. The second-order valence-corrected chi connectivity index (χ2v) is 30.2. The molecule has 0 saturated heterocycles. The highest BCUT2D eigenvalue weighted by molar-refractivity contribution is 7.47. The SMILES string of the molecule is CCC(C)CCCCCCCCC(=O)OC[C@H](COP(=O)(O)OC[C@H](O)COP(=O)(O)OC[C@@H](COC(=O)CCCCCCCCCCCC(C)C)OC(=O)CCCCCCCCCCCCCCCCCCC(C)C)OC(=O)CCCCCCCCC(C)C. The number of aliphatic hydroxyl groups excluding tert-OH is 1. The molecule has 0 aliphatic carbocycles. The molecule has 0 amide bonds. The Hall–Kier alpha value is -1.94. The Morgan fingerprint density at radius 3 is 0.789 bits per heavy atom. The lowest BCUT2D eigenvalue weighted by molar-refractivity contribution is -0.161. The summed E-state index contributed by atoms with van der Waals surface area (Å²) in [6.45, 7) is 14.0. The summed E-state index contributed by atoms with van der Waals surface area (Å²) in [6.07, 6.45) is 43.4. The molecule has 19 heteroatoms. The van der Waals surface area contributed by atoms with E-state index in [0.717, 1.165) is 114 Å². The van der Waals surface area contributed by atoms with Crippen LogP contribution in [0.5, 0.6) is 0 Å². The van der Waals surface area contributed by atoms with Gasteiger partial charge in [-0.3, -0.25) is 37.3 Å². The molecule has 0 heterocycles. The second kappa shape index (κ2) is 60.7. The first kappa shape index (κ1) is 88.1. The van der Waals surface area contributed by atoms with Crippen LogP contribution in [0.2, 0.25) is 0 Å². The van der Waals surface area contributed by atoms with Crippen molar-refractivity contribution < 1.29 is 80.2 Å². The van der Waals surface area contributed by atoms with Gasteiger partial charge in [-0.2, -0.15) is 0 Å². The van der Waals surface area contributed by atoms with Gasteiger partial charge in [0.1, 0.15) is 19.3 Å². The van der Waals surface area contributed by atoms with Crippen LogP contribution < -0.4 is 0 Å². The Bertz CT molecular complexity index is 1780. The van der Waals surface area contributed by atoms with Crippen LogP contribution in [0.3, 0.4) is 0 Å². The van der Waals surface area contributed by atoms with E-state index >= 15 is 0 Å². The Balaban J connectivity index is 5.20. The van der Waals surface area contributed by atoms with E-state index in [2.05, 4.69) is 55.4 Å². The number of ether oxygens (including phenoxy) is 4. The van der Waals surface area contributed by atoms with Gasteiger partial charge in [-0.1, -0.05) is 299 Å². The van der Waals surface area contributed by atoms with Crippen LogP contribution in [-0.2, 0) is 65.4 Å². The quantitative estimate of drug-likeness (QED) is 0.0222. The fourth-order valence-electron chi connectivity index (χ4n) is 10.6. The van der Waals surface area contributed by atoms with E-state index in [0.29, 0.717) is 31.6 Å². The Morgan fingerprint density at radius 1 is 0.311 bits per heavy atom. The molecule has 0 radical (unpaired) electrons. The van der Waals surface area contributed by atoms with Crippen molar-refractivity contribution in [2.45, 2.75) is 369 Å². The van der Waals surface area contributed by atoms with E-state index in [9.17, 15) is 43.2 Å². The third-order valence-corrected chi connectivity index (χ3v) is 18.6. The Kier molecular flexibility index (Phi) is 59.4. The molecule has 0 rings (SSSR count). The summed E-state index contributed by atoms with van der Waals surface area (Å²) in [5.41, 5.74) is 0. The molecule has 0 spiro atoms. The predicted octanol–water partition coefficient (Wildman–Crippen LogP) is 20.1. The van der Waals surface area contributed by atoms with Gasteiger partial charge in [0.25, 0.3) is 0 Å². The minimum atomic E-state index is -4.95. The second-order valence-electron chi connectivity index (χ2n) is 27.3. The lowest BCUT2D eigenvalue weighted by atomic mass is 10.00. The minimum Gasteiger partial charge on any atom is -0.462 e. The average molecular weight is 1330 g/mol. The van der Waals surface area contributed by atoms with Crippen LogP contribution in [0.25, 0.3) is 0 Å². The van der Waals surface area contributed by atoms with Gasteiger partial charge in [0.2, 0.25) is 0 Å². The molecule has 0 aromatic rings. The highest BCUT2D eigenvalue weighted by atomic mass is 31.2. The number of carbonyl (C=O) groups is 4. The molecule has 6 atom stereocenters. The third-order valence-electron chi connectivity index (χ3n) is 16.7. The summed E-state index contributed by atoms with van der Waals surface area (Å²) in [4.78, 5) is 72.5. The first-order valence-electron chi connectivity index (χ1n) is 36.7. The van der Waals surface area contributed by atoms with Crippen LogP contribution in [0.15, 0.2) is 0 Å². The van der Waals surface area contributed by atoms with E-state index in [-0.39, 0.29) is 25.7 Å². The van der Waals surface area contributed by atoms with Gasteiger partial charge < -0.3 is 33.8 Å². The topological polar surface area (TPSA) is 237 Å². The molecule has 0 aromatic carbocycles. The van der Waals surface area contributed by atoms with E-state index in [1.807, 2.05) is 0 Å². The van der Waals surface area contributed by atoms with Crippen molar-refractivity contribution >= 4 is 39.5 Å². The van der Waals surface area contributed by atoms with Crippen molar-refractivity contribution in [2.75, 3.05) is 39.6 Å².